The van der Waals surface area contributed by atoms with Gasteiger partial charge in [-0.2, -0.15) is 0 Å². The second-order valence-electron chi connectivity index (χ2n) is 3.45. The summed E-state index contributed by atoms with van der Waals surface area (Å²) in [6.07, 6.45) is 8.13. The van der Waals surface area contributed by atoms with E-state index in [4.69, 9.17) is 0 Å². The average Bonchev–Trinajstić information content (AvgIpc) is 2.62. The summed E-state index contributed by atoms with van der Waals surface area (Å²) in [4.78, 5) is 2.12. The lowest BCUT2D eigenvalue weighted by molar-refractivity contribution is 0.0359. The van der Waals surface area contributed by atoms with Crippen LogP contribution in [-0.2, 0) is 0 Å². The number of hydrogen-bond acceptors (Lipinski definition) is 2. The lowest BCUT2D eigenvalue weighted by Gasteiger charge is -2.25. The third-order valence-electron chi connectivity index (χ3n) is 2.73. The Kier molecular flexibility index (Phi) is 1.93. The molecule has 0 aromatic rings. The number of hydrogen-bond donors (Lipinski definition) is 1. The van der Waals surface area contributed by atoms with Crippen molar-refractivity contribution in [2.75, 3.05) is 6.54 Å². The smallest absolute Gasteiger partial charge is 0.126 e. The van der Waals surface area contributed by atoms with Crippen molar-refractivity contribution in [3.63, 3.8) is 0 Å². The van der Waals surface area contributed by atoms with Gasteiger partial charge in [-0.25, -0.2) is 0 Å². The maximum Gasteiger partial charge on any atom is 0.126 e. The van der Waals surface area contributed by atoms with Gasteiger partial charge in [0.2, 0.25) is 0 Å². The Morgan fingerprint density at radius 3 is 3.33 bits per heavy atom. The summed E-state index contributed by atoms with van der Waals surface area (Å²) in [6.45, 7) is 3.02. The first-order chi connectivity index (χ1) is 5.83. The number of fused-ring (bicyclic) bond motifs is 1. The molecule has 0 spiro atoms. The van der Waals surface area contributed by atoms with Crippen LogP contribution >= 0.6 is 0 Å². The molecule has 0 aromatic carbocycles. The van der Waals surface area contributed by atoms with Gasteiger partial charge in [-0.3, -0.25) is 0 Å². The van der Waals surface area contributed by atoms with E-state index in [0.29, 0.717) is 5.92 Å². The second-order valence-corrected chi connectivity index (χ2v) is 3.45. The molecule has 1 aliphatic heterocycles. The summed E-state index contributed by atoms with van der Waals surface area (Å²) in [5.74, 6) is 0.589. The Morgan fingerprint density at radius 2 is 2.58 bits per heavy atom. The lowest BCUT2D eigenvalue weighted by Crippen LogP contribution is -2.30. The van der Waals surface area contributed by atoms with E-state index in [0.717, 1.165) is 13.0 Å². The van der Waals surface area contributed by atoms with Gasteiger partial charge in [-0.1, -0.05) is 19.1 Å². The first-order valence-corrected chi connectivity index (χ1v) is 4.66. The highest BCUT2D eigenvalue weighted by atomic mass is 16.3. The van der Waals surface area contributed by atoms with Crippen LogP contribution < -0.4 is 0 Å². The van der Waals surface area contributed by atoms with Gasteiger partial charge in [0.1, 0.15) is 6.23 Å². The van der Waals surface area contributed by atoms with Crippen LogP contribution in [-0.4, -0.2) is 22.8 Å². The third-order valence-corrected chi connectivity index (χ3v) is 2.73. The Hall–Kier alpha value is -0.760. The zero-order valence-corrected chi connectivity index (χ0v) is 7.40. The van der Waals surface area contributed by atoms with Crippen LogP contribution in [0, 0.1) is 5.92 Å². The number of likely N-dealkylation sites (tertiary alicyclic amines) is 1. The van der Waals surface area contributed by atoms with Crippen molar-refractivity contribution in [2.24, 2.45) is 5.92 Å². The fourth-order valence-electron chi connectivity index (χ4n) is 2.01. The van der Waals surface area contributed by atoms with Crippen molar-refractivity contribution < 1.29 is 5.11 Å². The average molecular weight is 165 g/mol. The van der Waals surface area contributed by atoms with Crippen LogP contribution in [0.15, 0.2) is 23.9 Å². The van der Waals surface area contributed by atoms with Crippen LogP contribution in [0.1, 0.15) is 19.8 Å². The first kappa shape index (κ1) is 7.87. The molecular formula is C10H15NO. The summed E-state index contributed by atoms with van der Waals surface area (Å²) < 4.78 is 0. The maximum atomic E-state index is 9.66. The highest BCUT2D eigenvalue weighted by Gasteiger charge is 2.30. The Bertz CT molecular complexity index is 232. The van der Waals surface area contributed by atoms with Crippen molar-refractivity contribution in [2.45, 2.75) is 26.0 Å². The monoisotopic (exact) mass is 165 g/mol. The van der Waals surface area contributed by atoms with Crippen LogP contribution in [0.3, 0.4) is 0 Å². The van der Waals surface area contributed by atoms with E-state index in [2.05, 4.69) is 23.1 Å². The van der Waals surface area contributed by atoms with E-state index in [1.165, 1.54) is 12.1 Å². The minimum atomic E-state index is -0.277. The number of aliphatic hydroxyl groups is 1. The Labute approximate surface area is 73.2 Å². The summed E-state index contributed by atoms with van der Waals surface area (Å²) >= 11 is 0. The topological polar surface area (TPSA) is 23.5 Å². The third kappa shape index (κ3) is 1.07. The molecular weight excluding hydrogens is 150 g/mol. The number of allylic oxidation sites excluding steroid dienone is 3. The van der Waals surface area contributed by atoms with Gasteiger partial charge >= 0.3 is 0 Å². The molecule has 1 aliphatic carbocycles. The molecule has 2 rings (SSSR count). The fraction of sp³-hybridized carbons (Fsp3) is 0.600. The van der Waals surface area contributed by atoms with Crippen molar-refractivity contribution in [1.82, 2.24) is 4.90 Å². The fourth-order valence-corrected chi connectivity index (χ4v) is 2.01. The minimum Gasteiger partial charge on any atom is -0.374 e. The zero-order chi connectivity index (χ0) is 8.55. The molecule has 2 nitrogen and oxygen atoms in total. The molecule has 0 aromatic heterocycles. The Morgan fingerprint density at radius 1 is 1.75 bits per heavy atom. The summed E-state index contributed by atoms with van der Waals surface area (Å²) in [7, 11) is 0. The van der Waals surface area contributed by atoms with Gasteiger partial charge in [-0.05, 0) is 18.9 Å². The van der Waals surface area contributed by atoms with E-state index in [9.17, 15) is 5.11 Å². The van der Waals surface area contributed by atoms with Crippen molar-refractivity contribution in [3.05, 3.63) is 23.9 Å². The molecule has 1 saturated heterocycles. The quantitative estimate of drug-likeness (QED) is 0.670. The van der Waals surface area contributed by atoms with Crippen LogP contribution in [0.25, 0.3) is 0 Å². The number of rotatable bonds is 2. The first-order valence-electron chi connectivity index (χ1n) is 4.66. The van der Waals surface area contributed by atoms with E-state index in [1.807, 2.05) is 6.92 Å². The molecule has 1 fully saturated rings. The summed E-state index contributed by atoms with van der Waals surface area (Å²) in [6, 6.07) is 0. The molecule has 1 N–H and O–H groups in total. The highest BCUT2D eigenvalue weighted by Crippen LogP contribution is 2.34. The predicted molar refractivity (Wildman–Crippen MR) is 48.3 cm³/mol. The van der Waals surface area contributed by atoms with Crippen LogP contribution in [0.5, 0.6) is 0 Å². The predicted octanol–water partition coefficient (Wildman–Crippen LogP) is 1.49. The Balaban J connectivity index is 2.10. The molecule has 2 heteroatoms. The molecule has 0 radical (unpaired) electrons. The number of nitrogens with zero attached hydrogens (tertiary/aromatic N) is 1. The molecule has 0 amide bonds. The normalized spacial score (nSPS) is 29.0. The molecule has 2 aliphatic rings. The van der Waals surface area contributed by atoms with Gasteiger partial charge in [0.15, 0.2) is 0 Å². The van der Waals surface area contributed by atoms with E-state index < -0.39 is 0 Å². The molecule has 12 heavy (non-hydrogen) atoms. The molecule has 0 saturated carbocycles. The van der Waals surface area contributed by atoms with Crippen molar-refractivity contribution >= 4 is 0 Å². The van der Waals surface area contributed by atoms with E-state index in [-0.39, 0.29) is 6.23 Å². The molecule has 0 bridgehead atoms. The SMILES string of the molecule is CCC(O)N1CCC2C=CC=C21. The second kappa shape index (κ2) is 2.94. The number of aliphatic hydroxyl groups excluding tert-OH is 1. The molecule has 2 atom stereocenters. The van der Waals surface area contributed by atoms with Gasteiger partial charge in [0.05, 0.1) is 0 Å². The van der Waals surface area contributed by atoms with Crippen molar-refractivity contribution in [3.8, 4) is 0 Å². The largest absolute Gasteiger partial charge is 0.374 e. The molecule has 1 heterocycles. The highest BCUT2D eigenvalue weighted by molar-refractivity contribution is 5.29. The van der Waals surface area contributed by atoms with Crippen LogP contribution in [0.2, 0.25) is 0 Å². The van der Waals surface area contributed by atoms with Gasteiger partial charge in [-0.15, -0.1) is 0 Å². The van der Waals surface area contributed by atoms with Gasteiger partial charge < -0.3 is 10.0 Å². The molecule has 2 unspecified atom stereocenters. The molecule has 66 valence electrons. The van der Waals surface area contributed by atoms with Gasteiger partial charge in [0.25, 0.3) is 0 Å². The summed E-state index contributed by atoms with van der Waals surface area (Å²) in [5.41, 5.74) is 1.31. The lowest BCUT2D eigenvalue weighted by atomic mass is 10.1. The zero-order valence-electron chi connectivity index (χ0n) is 7.40. The maximum absolute atomic E-state index is 9.66. The van der Waals surface area contributed by atoms with Gasteiger partial charge in [0, 0.05) is 18.2 Å². The standard InChI is InChI=1S/C10H15NO/c1-2-10(12)11-7-6-8-4-3-5-9(8)11/h3-5,8,10,12H,2,6-7H2,1H3. The summed E-state index contributed by atoms with van der Waals surface area (Å²) in [5, 5.41) is 9.66. The minimum absolute atomic E-state index is 0.277. The van der Waals surface area contributed by atoms with Crippen LogP contribution in [0.4, 0.5) is 0 Å². The van der Waals surface area contributed by atoms with Crippen molar-refractivity contribution in [1.29, 1.82) is 0 Å². The van der Waals surface area contributed by atoms with E-state index in [1.54, 1.807) is 0 Å². The van der Waals surface area contributed by atoms with E-state index >= 15 is 0 Å².